The van der Waals surface area contributed by atoms with Crippen LogP contribution in [-0.2, 0) is 9.47 Å². The summed E-state index contributed by atoms with van der Waals surface area (Å²) in [7, 11) is 0. The van der Waals surface area contributed by atoms with Gasteiger partial charge in [-0.2, -0.15) is 4.99 Å². The summed E-state index contributed by atoms with van der Waals surface area (Å²) in [6, 6.07) is 0. The Balaban J connectivity index is 1.80. The van der Waals surface area contributed by atoms with Gasteiger partial charge in [-0.05, 0) is 32.4 Å². The number of ether oxygens (including phenoxy) is 2. The Morgan fingerprint density at radius 3 is 2.39 bits per heavy atom. The molecule has 6 nitrogen and oxygen atoms in total. The molecule has 0 saturated carbocycles. The molecule has 0 aromatic heterocycles. The van der Waals surface area contributed by atoms with E-state index in [1.165, 1.54) is 25.9 Å². The minimum atomic E-state index is -0.470. The number of hydrogen-bond acceptors (Lipinski definition) is 4. The lowest BCUT2D eigenvalue weighted by atomic mass is 9.93. The number of rotatable bonds is 4. The van der Waals surface area contributed by atoms with Crippen LogP contribution >= 0.6 is 0 Å². The Morgan fingerprint density at radius 1 is 1.13 bits per heavy atom. The molecule has 132 valence electrons. The minimum Gasteiger partial charge on any atom is -0.448 e. The maximum absolute atomic E-state index is 12.1. The summed E-state index contributed by atoms with van der Waals surface area (Å²) in [5, 5.41) is 0. The number of amidine groups is 1. The van der Waals surface area contributed by atoms with Gasteiger partial charge in [0.25, 0.3) is 0 Å². The van der Waals surface area contributed by atoms with E-state index >= 15 is 0 Å². The summed E-state index contributed by atoms with van der Waals surface area (Å²) in [5.74, 6) is 0.797. The molecule has 2 heterocycles. The van der Waals surface area contributed by atoms with Crippen LogP contribution in [-0.4, -0.2) is 74.3 Å². The van der Waals surface area contributed by atoms with Crippen LogP contribution in [0.3, 0.4) is 0 Å². The van der Waals surface area contributed by atoms with Crippen LogP contribution in [0.5, 0.6) is 0 Å². The third kappa shape index (κ3) is 6.11. The first kappa shape index (κ1) is 18.2. The predicted octanol–water partition coefficient (Wildman–Crippen LogP) is 2.39. The van der Waals surface area contributed by atoms with Crippen LogP contribution < -0.4 is 0 Å². The molecule has 0 N–H and O–H groups in total. The molecule has 2 fully saturated rings. The summed E-state index contributed by atoms with van der Waals surface area (Å²) in [6.07, 6.45) is 2.99. The number of carbonyl (C=O) groups is 1. The van der Waals surface area contributed by atoms with E-state index in [-0.39, 0.29) is 5.41 Å². The first-order valence-corrected chi connectivity index (χ1v) is 8.78. The highest BCUT2D eigenvalue weighted by atomic mass is 16.5. The van der Waals surface area contributed by atoms with Crippen molar-refractivity contribution in [1.82, 2.24) is 9.80 Å². The van der Waals surface area contributed by atoms with Crippen molar-refractivity contribution in [2.75, 3.05) is 52.5 Å². The maximum atomic E-state index is 12.1. The number of aliphatic imine (C=N–C) groups is 1. The largest absolute Gasteiger partial charge is 0.448 e. The third-order valence-corrected chi connectivity index (χ3v) is 4.22. The van der Waals surface area contributed by atoms with Crippen molar-refractivity contribution >= 4 is 11.9 Å². The SMILES string of the molecule is CC(C)(C)/C(=N/C(=O)OCCCN1CCCC1)N1CCOCC1. The highest BCUT2D eigenvalue weighted by Crippen LogP contribution is 2.20. The first-order chi connectivity index (χ1) is 11.0. The van der Waals surface area contributed by atoms with Crippen molar-refractivity contribution in [2.45, 2.75) is 40.0 Å². The summed E-state index contributed by atoms with van der Waals surface area (Å²) in [4.78, 5) is 20.9. The lowest BCUT2D eigenvalue weighted by molar-refractivity contribution is 0.0642. The summed E-state index contributed by atoms with van der Waals surface area (Å²) >= 11 is 0. The molecule has 1 amide bonds. The average molecular weight is 325 g/mol. The van der Waals surface area contributed by atoms with E-state index in [1.807, 2.05) is 0 Å². The standard InChI is InChI=1S/C17H31N3O3/c1-17(2,3)15(20-10-13-22-14-11-20)18-16(21)23-12-6-9-19-7-4-5-8-19/h4-14H2,1-3H3/b18-15-. The van der Waals surface area contributed by atoms with Gasteiger partial charge in [0.2, 0.25) is 0 Å². The number of hydrogen-bond donors (Lipinski definition) is 0. The molecule has 2 aliphatic heterocycles. The number of amides is 1. The Bertz CT molecular complexity index is 406. The molecular weight excluding hydrogens is 294 g/mol. The van der Waals surface area contributed by atoms with Crippen LogP contribution in [0.1, 0.15) is 40.0 Å². The number of nitrogens with zero attached hydrogens (tertiary/aromatic N) is 3. The fraction of sp³-hybridized carbons (Fsp3) is 0.882. The van der Waals surface area contributed by atoms with Gasteiger partial charge in [0, 0.05) is 25.0 Å². The zero-order valence-corrected chi connectivity index (χ0v) is 14.8. The van der Waals surface area contributed by atoms with Gasteiger partial charge in [0.05, 0.1) is 19.8 Å². The van der Waals surface area contributed by atoms with Crippen LogP contribution in [0.2, 0.25) is 0 Å². The van der Waals surface area contributed by atoms with E-state index in [1.54, 1.807) is 0 Å². The van der Waals surface area contributed by atoms with E-state index in [0.29, 0.717) is 19.8 Å². The van der Waals surface area contributed by atoms with Gasteiger partial charge in [-0.15, -0.1) is 0 Å². The Morgan fingerprint density at radius 2 is 1.78 bits per heavy atom. The summed E-state index contributed by atoms with van der Waals surface area (Å²) in [6.45, 7) is 12.9. The van der Waals surface area contributed by atoms with Gasteiger partial charge in [-0.25, -0.2) is 4.79 Å². The second-order valence-electron chi connectivity index (χ2n) is 7.30. The van der Waals surface area contributed by atoms with E-state index in [0.717, 1.165) is 31.9 Å². The molecule has 0 radical (unpaired) electrons. The highest BCUT2D eigenvalue weighted by molar-refractivity contribution is 5.95. The van der Waals surface area contributed by atoms with Crippen molar-refractivity contribution in [3.05, 3.63) is 0 Å². The van der Waals surface area contributed by atoms with Crippen molar-refractivity contribution in [3.63, 3.8) is 0 Å². The molecule has 0 aromatic rings. The Kier molecular flexibility index (Phi) is 6.84. The summed E-state index contributed by atoms with van der Waals surface area (Å²) < 4.78 is 10.7. The van der Waals surface area contributed by atoms with Gasteiger partial charge in [0.1, 0.15) is 5.84 Å². The molecule has 0 bridgehead atoms. The lowest BCUT2D eigenvalue weighted by Crippen LogP contribution is -2.46. The molecule has 0 unspecified atom stereocenters. The molecule has 23 heavy (non-hydrogen) atoms. The van der Waals surface area contributed by atoms with Gasteiger partial charge < -0.3 is 19.3 Å². The van der Waals surface area contributed by atoms with E-state index < -0.39 is 6.09 Å². The van der Waals surface area contributed by atoms with E-state index in [2.05, 4.69) is 35.6 Å². The number of morpholine rings is 1. The molecular formula is C17H31N3O3. The van der Waals surface area contributed by atoms with Crippen LogP contribution in [0.15, 0.2) is 4.99 Å². The topological polar surface area (TPSA) is 54.4 Å². The zero-order chi connectivity index (χ0) is 16.7. The average Bonchev–Trinajstić information content (AvgIpc) is 3.02. The fourth-order valence-electron chi connectivity index (χ4n) is 3.06. The van der Waals surface area contributed by atoms with Crippen molar-refractivity contribution in [2.24, 2.45) is 10.4 Å². The molecule has 0 aliphatic carbocycles. The minimum absolute atomic E-state index is 0.189. The van der Waals surface area contributed by atoms with Gasteiger partial charge in [-0.1, -0.05) is 20.8 Å². The van der Waals surface area contributed by atoms with Crippen LogP contribution in [0.4, 0.5) is 4.79 Å². The normalized spacial score (nSPS) is 20.8. The molecule has 0 atom stereocenters. The third-order valence-electron chi connectivity index (χ3n) is 4.22. The molecule has 0 aromatic carbocycles. The second kappa shape index (κ2) is 8.64. The molecule has 2 saturated heterocycles. The zero-order valence-electron chi connectivity index (χ0n) is 14.8. The molecule has 2 aliphatic rings. The van der Waals surface area contributed by atoms with Crippen LogP contribution in [0, 0.1) is 5.41 Å². The van der Waals surface area contributed by atoms with Gasteiger partial charge >= 0.3 is 6.09 Å². The fourth-order valence-corrected chi connectivity index (χ4v) is 3.06. The molecule has 0 spiro atoms. The monoisotopic (exact) mass is 325 g/mol. The predicted molar refractivity (Wildman–Crippen MR) is 90.9 cm³/mol. The van der Waals surface area contributed by atoms with Crippen molar-refractivity contribution in [3.8, 4) is 0 Å². The van der Waals surface area contributed by atoms with Gasteiger partial charge in [0.15, 0.2) is 0 Å². The highest BCUT2D eigenvalue weighted by Gasteiger charge is 2.27. The molecule has 6 heteroatoms. The number of carbonyl (C=O) groups excluding carboxylic acids is 1. The van der Waals surface area contributed by atoms with E-state index in [4.69, 9.17) is 9.47 Å². The van der Waals surface area contributed by atoms with E-state index in [9.17, 15) is 4.79 Å². The Labute approximate surface area is 139 Å². The smallest absolute Gasteiger partial charge is 0.435 e. The Hall–Kier alpha value is -1.14. The van der Waals surface area contributed by atoms with Crippen molar-refractivity contribution in [1.29, 1.82) is 0 Å². The lowest BCUT2D eigenvalue weighted by Gasteiger charge is -2.35. The maximum Gasteiger partial charge on any atom is 0.435 e. The van der Waals surface area contributed by atoms with Gasteiger partial charge in [-0.3, -0.25) is 0 Å². The van der Waals surface area contributed by atoms with Crippen molar-refractivity contribution < 1.29 is 14.3 Å². The molecule has 2 rings (SSSR count). The number of likely N-dealkylation sites (tertiary alicyclic amines) is 1. The first-order valence-electron chi connectivity index (χ1n) is 8.78. The quantitative estimate of drug-likeness (QED) is 0.451. The second-order valence-corrected chi connectivity index (χ2v) is 7.30. The van der Waals surface area contributed by atoms with Crippen LogP contribution in [0.25, 0.3) is 0 Å². The summed E-state index contributed by atoms with van der Waals surface area (Å²) in [5.41, 5.74) is -0.189.